The largest absolute Gasteiger partial charge is 0.507 e. The van der Waals surface area contributed by atoms with E-state index in [1.54, 1.807) is 43.3 Å². The molecule has 1 aliphatic rings. The lowest BCUT2D eigenvalue weighted by atomic mass is 9.99. The topological polar surface area (TPSA) is 80.0 Å². The Bertz CT molecular complexity index is 1230. The van der Waals surface area contributed by atoms with Crippen molar-refractivity contribution in [1.29, 1.82) is 0 Å². The van der Waals surface area contributed by atoms with Crippen LogP contribution in [-0.2, 0) is 9.59 Å². The molecule has 32 heavy (non-hydrogen) atoms. The molecule has 1 amide bonds. The molecule has 0 radical (unpaired) electrons. The van der Waals surface area contributed by atoms with E-state index in [1.807, 2.05) is 6.92 Å². The zero-order valence-corrected chi connectivity index (χ0v) is 17.3. The van der Waals surface area contributed by atoms with Crippen LogP contribution in [-0.4, -0.2) is 23.4 Å². The van der Waals surface area contributed by atoms with Crippen molar-refractivity contribution in [1.82, 2.24) is 0 Å². The zero-order chi connectivity index (χ0) is 23.0. The molecular weight excluding hydrogens is 420 g/mol. The molecule has 3 aromatic rings. The first-order chi connectivity index (χ1) is 15.3. The molecule has 1 N–H and O–H groups in total. The number of Topliss-reactive ketones (excluding diaryl/α,β-unsaturated/α-hetero) is 1. The molecule has 1 fully saturated rings. The molecule has 4 rings (SSSR count). The minimum atomic E-state index is -1.18. The number of ether oxygens (including phenoxy) is 1. The van der Waals surface area contributed by atoms with Crippen LogP contribution in [0.15, 0.2) is 64.6 Å². The fraction of sp³-hybridized carbons (Fsp3) is 0.167. The lowest BCUT2D eigenvalue weighted by Gasteiger charge is -2.23. The summed E-state index contributed by atoms with van der Waals surface area (Å²) in [6.45, 7) is 3.97. The van der Waals surface area contributed by atoms with E-state index in [2.05, 4.69) is 0 Å². The number of amides is 1. The highest BCUT2D eigenvalue weighted by molar-refractivity contribution is 6.51. The molecule has 6 nitrogen and oxygen atoms in total. The van der Waals surface area contributed by atoms with Crippen LogP contribution in [0.5, 0.6) is 5.75 Å². The van der Waals surface area contributed by atoms with E-state index in [9.17, 15) is 23.5 Å². The summed E-state index contributed by atoms with van der Waals surface area (Å²) in [5, 5.41) is 11.0. The Hall–Kier alpha value is -3.94. The van der Waals surface area contributed by atoms with Gasteiger partial charge >= 0.3 is 0 Å². The predicted octanol–water partition coefficient (Wildman–Crippen LogP) is 4.89. The van der Waals surface area contributed by atoms with Crippen molar-refractivity contribution >= 4 is 23.1 Å². The first-order valence-corrected chi connectivity index (χ1v) is 9.87. The van der Waals surface area contributed by atoms with Gasteiger partial charge in [-0.05, 0) is 62.4 Å². The number of aryl methyl sites for hydroxylation is 1. The lowest BCUT2D eigenvalue weighted by molar-refractivity contribution is -0.132. The number of carbonyl (C=O) groups excluding carboxylic acids is 2. The molecule has 1 unspecified atom stereocenters. The minimum absolute atomic E-state index is 0.0456. The molecule has 2 heterocycles. The van der Waals surface area contributed by atoms with Crippen LogP contribution in [0.4, 0.5) is 14.5 Å². The quantitative estimate of drug-likeness (QED) is 0.348. The van der Waals surface area contributed by atoms with Crippen molar-refractivity contribution in [2.45, 2.75) is 19.9 Å². The van der Waals surface area contributed by atoms with Gasteiger partial charge in [0.25, 0.3) is 11.7 Å². The summed E-state index contributed by atoms with van der Waals surface area (Å²) >= 11 is 0. The monoisotopic (exact) mass is 439 g/mol. The number of hydrogen-bond acceptors (Lipinski definition) is 5. The van der Waals surface area contributed by atoms with Crippen LogP contribution >= 0.6 is 0 Å². The average molecular weight is 439 g/mol. The normalized spacial score (nSPS) is 17.8. The molecule has 1 atom stereocenters. The maximum absolute atomic E-state index is 13.9. The van der Waals surface area contributed by atoms with Gasteiger partial charge in [0.15, 0.2) is 11.6 Å². The maximum Gasteiger partial charge on any atom is 0.300 e. The Morgan fingerprint density at radius 3 is 2.38 bits per heavy atom. The average Bonchev–Trinajstić information content (AvgIpc) is 3.31. The first kappa shape index (κ1) is 21.3. The van der Waals surface area contributed by atoms with Crippen molar-refractivity contribution in [3.63, 3.8) is 0 Å². The third-order valence-corrected chi connectivity index (χ3v) is 5.10. The van der Waals surface area contributed by atoms with Gasteiger partial charge in [-0.25, -0.2) is 8.78 Å². The van der Waals surface area contributed by atoms with E-state index in [4.69, 9.17) is 9.15 Å². The second-order valence-corrected chi connectivity index (χ2v) is 7.17. The van der Waals surface area contributed by atoms with E-state index < -0.39 is 35.1 Å². The van der Waals surface area contributed by atoms with Crippen LogP contribution in [0.25, 0.3) is 5.76 Å². The minimum Gasteiger partial charge on any atom is -0.507 e. The number of halogens is 2. The maximum atomic E-state index is 13.9. The van der Waals surface area contributed by atoms with Gasteiger partial charge in [-0.1, -0.05) is 0 Å². The molecule has 1 aliphatic heterocycles. The van der Waals surface area contributed by atoms with Gasteiger partial charge in [-0.15, -0.1) is 0 Å². The van der Waals surface area contributed by atoms with Crippen LogP contribution in [0.1, 0.15) is 30.0 Å². The summed E-state index contributed by atoms with van der Waals surface area (Å²) < 4.78 is 38.4. The number of nitrogens with zero attached hydrogens (tertiary/aromatic N) is 1. The van der Waals surface area contributed by atoms with Gasteiger partial charge in [-0.2, -0.15) is 0 Å². The summed E-state index contributed by atoms with van der Waals surface area (Å²) in [4.78, 5) is 26.9. The van der Waals surface area contributed by atoms with Crippen LogP contribution < -0.4 is 9.64 Å². The fourth-order valence-corrected chi connectivity index (χ4v) is 3.63. The zero-order valence-electron chi connectivity index (χ0n) is 17.3. The summed E-state index contributed by atoms with van der Waals surface area (Å²) in [6.07, 6.45) is 0. The molecule has 1 saturated heterocycles. The highest BCUT2D eigenvalue weighted by Crippen LogP contribution is 2.43. The summed E-state index contributed by atoms with van der Waals surface area (Å²) in [7, 11) is 0. The Kier molecular flexibility index (Phi) is 5.52. The standard InChI is InChI=1S/C24H19F2NO5/c1-3-31-16-8-5-14(6-9-16)22(28)20-21(19-11-4-13(2)32-19)27(24(30)23(20)29)15-7-10-17(25)18(26)12-15/h4-12,21,28H,3H2,1-2H3/b22-20-. The molecule has 1 aromatic heterocycles. The third kappa shape index (κ3) is 3.64. The van der Waals surface area contributed by atoms with E-state index >= 15 is 0 Å². The second-order valence-electron chi connectivity index (χ2n) is 7.17. The molecule has 0 aliphatic carbocycles. The van der Waals surface area contributed by atoms with Gasteiger partial charge in [0.2, 0.25) is 0 Å². The second kappa shape index (κ2) is 8.30. The highest BCUT2D eigenvalue weighted by Gasteiger charge is 2.48. The summed E-state index contributed by atoms with van der Waals surface area (Å²) in [6, 6.07) is 11.2. The van der Waals surface area contributed by atoms with Gasteiger partial charge in [0, 0.05) is 17.3 Å². The van der Waals surface area contributed by atoms with E-state index in [1.165, 1.54) is 6.07 Å². The smallest absolute Gasteiger partial charge is 0.300 e. The van der Waals surface area contributed by atoms with Crippen molar-refractivity contribution in [2.75, 3.05) is 11.5 Å². The Labute approximate surface area is 182 Å². The molecule has 0 spiro atoms. The molecule has 0 bridgehead atoms. The number of benzene rings is 2. The van der Waals surface area contributed by atoms with Gasteiger partial charge in [0.05, 0.1) is 12.2 Å². The number of carbonyl (C=O) groups is 2. The van der Waals surface area contributed by atoms with Crippen molar-refractivity contribution < 1.29 is 32.6 Å². The fourth-order valence-electron chi connectivity index (χ4n) is 3.63. The number of hydrogen-bond donors (Lipinski definition) is 1. The SMILES string of the molecule is CCOc1ccc(/C(O)=C2/C(=O)C(=O)N(c3ccc(F)c(F)c3)C2c2ccc(C)o2)cc1. The first-order valence-electron chi connectivity index (χ1n) is 9.87. The molecule has 164 valence electrons. The number of anilines is 1. The lowest BCUT2D eigenvalue weighted by Crippen LogP contribution is -2.29. The van der Waals surface area contributed by atoms with Gasteiger partial charge in [0.1, 0.15) is 29.1 Å². The molecule has 0 saturated carbocycles. The van der Waals surface area contributed by atoms with Crippen LogP contribution in [0, 0.1) is 18.6 Å². The number of rotatable bonds is 5. The summed E-state index contributed by atoms with van der Waals surface area (Å²) in [5.74, 6) is -3.38. The van der Waals surface area contributed by atoms with Crippen LogP contribution in [0.3, 0.4) is 0 Å². The van der Waals surface area contributed by atoms with E-state index in [-0.39, 0.29) is 22.6 Å². The van der Waals surface area contributed by atoms with E-state index in [0.29, 0.717) is 18.1 Å². The number of ketones is 1. The number of aliphatic hydroxyl groups is 1. The highest BCUT2D eigenvalue weighted by atomic mass is 19.2. The Morgan fingerprint density at radius 1 is 1.06 bits per heavy atom. The van der Waals surface area contributed by atoms with Crippen LogP contribution in [0.2, 0.25) is 0 Å². The number of aliphatic hydroxyl groups excluding tert-OH is 1. The van der Waals surface area contributed by atoms with Crippen molar-refractivity contribution in [3.8, 4) is 5.75 Å². The number of furan rings is 1. The Balaban J connectivity index is 1.88. The molecular formula is C24H19F2NO5. The van der Waals surface area contributed by atoms with E-state index in [0.717, 1.165) is 17.0 Å². The third-order valence-electron chi connectivity index (χ3n) is 5.10. The van der Waals surface area contributed by atoms with Crippen molar-refractivity contribution in [2.24, 2.45) is 0 Å². The molecule has 8 heteroatoms. The Morgan fingerprint density at radius 2 is 1.78 bits per heavy atom. The molecule has 2 aromatic carbocycles. The van der Waals surface area contributed by atoms with Gasteiger partial charge in [-0.3, -0.25) is 14.5 Å². The van der Waals surface area contributed by atoms with Gasteiger partial charge < -0.3 is 14.3 Å². The summed E-state index contributed by atoms with van der Waals surface area (Å²) in [5.41, 5.74) is 0.0130. The van der Waals surface area contributed by atoms with Crippen molar-refractivity contribution in [3.05, 3.63) is 88.9 Å². The predicted molar refractivity (Wildman–Crippen MR) is 112 cm³/mol.